The zero-order valence-electron chi connectivity index (χ0n) is 15.7. The number of ether oxygens (including phenoxy) is 1. The Hall–Kier alpha value is -0.750. The monoisotopic (exact) mass is 366 g/mol. The third kappa shape index (κ3) is 7.99. The second-order valence-corrected chi connectivity index (χ2v) is 8.00. The molecule has 1 aromatic carbocycles. The van der Waals surface area contributed by atoms with E-state index in [0.717, 1.165) is 24.6 Å². The van der Waals surface area contributed by atoms with Crippen molar-refractivity contribution < 1.29 is 9.84 Å². The van der Waals surface area contributed by atoms with Gasteiger partial charge >= 0.3 is 0 Å². The molecule has 1 atom stereocenters. The van der Waals surface area contributed by atoms with Gasteiger partial charge in [-0.1, -0.05) is 31.4 Å². The minimum atomic E-state index is -0.449. The van der Waals surface area contributed by atoms with E-state index in [1.165, 1.54) is 37.7 Å². The molecule has 1 aromatic rings. The van der Waals surface area contributed by atoms with Crippen molar-refractivity contribution in [3.05, 3.63) is 29.8 Å². The fraction of sp³-hybridized carbons (Fsp3) is 0.700. The fourth-order valence-electron chi connectivity index (χ4n) is 3.40. The lowest BCUT2D eigenvalue weighted by Crippen LogP contribution is -2.40. The van der Waals surface area contributed by atoms with E-state index in [9.17, 15) is 5.11 Å². The largest absolute Gasteiger partial charge is 0.491 e. The van der Waals surface area contributed by atoms with Crippen molar-refractivity contribution in [2.75, 3.05) is 38.8 Å². The topological polar surface area (TPSA) is 44.7 Å². The van der Waals surface area contributed by atoms with Gasteiger partial charge in [-0.2, -0.15) is 11.8 Å². The molecule has 0 radical (unpaired) electrons. The number of aliphatic hydroxyl groups is 1. The summed E-state index contributed by atoms with van der Waals surface area (Å²) in [6, 6.07) is 8.76. The Kier molecular flexibility index (Phi) is 9.69. The van der Waals surface area contributed by atoms with E-state index in [4.69, 9.17) is 4.74 Å². The van der Waals surface area contributed by atoms with Crippen LogP contribution in [-0.2, 0) is 6.54 Å². The van der Waals surface area contributed by atoms with Gasteiger partial charge in [-0.25, -0.2) is 0 Å². The molecule has 2 N–H and O–H groups in total. The van der Waals surface area contributed by atoms with Gasteiger partial charge in [0.2, 0.25) is 0 Å². The van der Waals surface area contributed by atoms with Crippen LogP contribution in [0, 0.1) is 0 Å². The molecule has 0 spiro atoms. The Morgan fingerprint density at radius 1 is 1.32 bits per heavy atom. The van der Waals surface area contributed by atoms with Crippen LogP contribution in [0.1, 0.15) is 37.7 Å². The minimum absolute atomic E-state index is 0.348. The first kappa shape index (κ1) is 20.6. The lowest BCUT2D eigenvalue weighted by Gasteiger charge is -2.32. The zero-order chi connectivity index (χ0) is 17.9. The minimum Gasteiger partial charge on any atom is -0.491 e. The van der Waals surface area contributed by atoms with Crippen LogP contribution in [0.3, 0.4) is 0 Å². The fourth-order valence-corrected chi connectivity index (χ4v) is 3.75. The number of benzene rings is 1. The van der Waals surface area contributed by atoms with Crippen molar-refractivity contribution in [2.45, 2.75) is 50.8 Å². The van der Waals surface area contributed by atoms with Crippen molar-refractivity contribution >= 4 is 11.8 Å². The maximum Gasteiger partial charge on any atom is 0.119 e. The van der Waals surface area contributed by atoms with E-state index in [2.05, 4.69) is 35.7 Å². The van der Waals surface area contributed by atoms with Crippen molar-refractivity contribution in [2.24, 2.45) is 0 Å². The van der Waals surface area contributed by atoms with Crippen LogP contribution >= 0.6 is 11.8 Å². The van der Waals surface area contributed by atoms with Gasteiger partial charge in [0, 0.05) is 31.4 Å². The molecule has 5 heteroatoms. The van der Waals surface area contributed by atoms with Gasteiger partial charge in [-0.3, -0.25) is 0 Å². The molecule has 0 saturated heterocycles. The van der Waals surface area contributed by atoms with Gasteiger partial charge in [0.05, 0.1) is 0 Å². The Balaban J connectivity index is 1.70. The summed E-state index contributed by atoms with van der Waals surface area (Å²) in [7, 11) is 2.13. The van der Waals surface area contributed by atoms with Gasteiger partial charge in [-0.05, 0) is 43.8 Å². The summed E-state index contributed by atoms with van der Waals surface area (Å²) in [5.74, 6) is 1.96. The summed E-state index contributed by atoms with van der Waals surface area (Å²) in [6.45, 7) is 2.89. The average molecular weight is 367 g/mol. The van der Waals surface area contributed by atoms with Gasteiger partial charge in [-0.15, -0.1) is 0 Å². The third-order valence-corrected chi connectivity index (χ3v) is 5.46. The first-order chi connectivity index (χ1) is 12.2. The summed E-state index contributed by atoms with van der Waals surface area (Å²) in [4.78, 5) is 2.30. The lowest BCUT2D eigenvalue weighted by molar-refractivity contribution is 0.0561. The number of hydrogen-bond acceptors (Lipinski definition) is 5. The van der Waals surface area contributed by atoms with E-state index in [0.29, 0.717) is 19.2 Å². The van der Waals surface area contributed by atoms with E-state index >= 15 is 0 Å². The Morgan fingerprint density at radius 3 is 2.88 bits per heavy atom. The molecule has 2 rings (SSSR count). The highest BCUT2D eigenvalue weighted by atomic mass is 32.2. The van der Waals surface area contributed by atoms with Gasteiger partial charge in [0.1, 0.15) is 18.5 Å². The SMILES string of the molecule is CSCCNCc1cccc(OC[C@H](O)CN(C)C2CCCCC2)c1. The van der Waals surface area contributed by atoms with Crippen LogP contribution in [0.25, 0.3) is 0 Å². The number of thioether (sulfide) groups is 1. The van der Waals surface area contributed by atoms with Gasteiger partial charge in [0.25, 0.3) is 0 Å². The molecule has 1 fully saturated rings. The molecule has 0 bridgehead atoms. The number of likely N-dealkylation sites (N-methyl/N-ethyl adjacent to an activating group) is 1. The van der Waals surface area contributed by atoms with Crippen molar-refractivity contribution in [1.82, 2.24) is 10.2 Å². The number of aliphatic hydroxyl groups excluding tert-OH is 1. The van der Waals surface area contributed by atoms with Crippen molar-refractivity contribution in [3.8, 4) is 5.75 Å². The maximum atomic E-state index is 10.3. The highest BCUT2D eigenvalue weighted by molar-refractivity contribution is 7.98. The average Bonchev–Trinajstić information content (AvgIpc) is 2.65. The molecule has 1 saturated carbocycles. The van der Waals surface area contributed by atoms with Crippen LogP contribution in [-0.4, -0.2) is 60.9 Å². The first-order valence-corrected chi connectivity index (χ1v) is 10.9. The number of nitrogens with zero attached hydrogens (tertiary/aromatic N) is 1. The normalized spacial score (nSPS) is 17.0. The Bertz CT molecular complexity index is 481. The van der Waals surface area contributed by atoms with Crippen LogP contribution in [0.15, 0.2) is 24.3 Å². The predicted molar refractivity (Wildman–Crippen MR) is 108 cm³/mol. The van der Waals surface area contributed by atoms with Crippen LogP contribution < -0.4 is 10.1 Å². The third-order valence-electron chi connectivity index (χ3n) is 4.85. The molecular weight excluding hydrogens is 332 g/mol. The number of nitrogens with one attached hydrogen (secondary N) is 1. The zero-order valence-corrected chi connectivity index (χ0v) is 16.6. The van der Waals surface area contributed by atoms with Gasteiger partial charge in [0.15, 0.2) is 0 Å². The van der Waals surface area contributed by atoms with Crippen LogP contribution in [0.4, 0.5) is 0 Å². The first-order valence-electron chi connectivity index (χ1n) is 9.48. The highest BCUT2D eigenvalue weighted by Gasteiger charge is 2.20. The van der Waals surface area contributed by atoms with E-state index in [1.54, 1.807) is 0 Å². The molecule has 0 heterocycles. The lowest BCUT2D eigenvalue weighted by atomic mass is 9.94. The molecule has 4 nitrogen and oxygen atoms in total. The number of hydrogen-bond donors (Lipinski definition) is 2. The molecular formula is C20H34N2O2S. The molecule has 0 unspecified atom stereocenters. The summed E-state index contributed by atoms with van der Waals surface area (Å²) in [5, 5.41) is 13.7. The van der Waals surface area contributed by atoms with Crippen LogP contribution in [0.5, 0.6) is 5.75 Å². The quantitative estimate of drug-likeness (QED) is 0.589. The molecule has 1 aliphatic rings. The molecule has 0 amide bonds. The summed E-state index contributed by atoms with van der Waals surface area (Å²) >= 11 is 1.85. The highest BCUT2D eigenvalue weighted by Crippen LogP contribution is 2.21. The van der Waals surface area contributed by atoms with E-state index < -0.39 is 6.10 Å². The molecule has 0 aromatic heterocycles. The summed E-state index contributed by atoms with van der Waals surface area (Å²) in [6.07, 6.45) is 8.19. The second-order valence-electron chi connectivity index (χ2n) is 7.01. The molecule has 142 valence electrons. The Morgan fingerprint density at radius 2 is 2.12 bits per heavy atom. The Labute approximate surface area is 157 Å². The smallest absolute Gasteiger partial charge is 0.119 e. The summed E-state index contributed by atoms with van der Waals surface area (Å²) in [5.41, 5.74) is 1.22. The maximum absolute atomic E-state index is 10.3. The number of rotatable bonds is 11. The van der Waals surface area contributed by atoms with E-state index in [1.807, 2.05) is 23.9 Å². The van der Waals surface area contributed by atoms with Crippen molar-refractivity contribution in [3.63, 3.8) is 0 Å². The molecule has 1 aliphatic carbocycles. The van der Waals surface area contributed by atoms with Gasteiger partial charge < -0.3 is 20.1 Å². The standard InChI is InChI=1S/C20H34N2O2S/c1-22(18-8-4-3-5-9-18)15-19(23)16-24-20-10-6-7-17(13-20)14-21-11-12-25-2/h6-7,10,13,18-19,21,23H,3-5,8-9,11-12,14-16H2,1-2H3/t19-/m1/s1. The van der Waals surface area contributed by atoms with E-state index in [-0.39, 0.29) is 0 Å². The molecule has 0 aliphatic heterocycles. The van der Waals surface area contributed by atoms with Crippen LogP contribution in [0.2, 0.25) is 0 Å². The summed E-state index contributed by atoms with van der Waals surface area (Å²) < 4.78 is 5.82. The second kappa shape index (κ2) is 11.8. The molecule has 25 heavy (non-hydrogen) atoms. The predicted octanol–water partition coefficient (Wildman–Crippen LogP) is 3.14. The van der Waals surface area contributed by atoms with Crippen molar-refractivity contribution in [1.29, 1.82) is 0 Å².